The molecule has 1 fully saturated rings. The molecule has 1 aromatic rings. The van der Waals surface area contributed by atoms with Gasteiger partial charge in [0.15, 0.2) is 0 Å². The van der Waals surface area contributed by atoms with Gasteiger partial charge in [-0.2, -0.15) is 0 Å². The van der Waals surface area contributed by atoms with Crippen LogP contribution in [-0.4, -0.2) is 24.3 Å². The summed E-state index contributed by atoms with van der Waals surface area (Å²) in [4.78, 5) is 11.6. The van der Waals surface area contributed by atoms with E-state index in [1.807, 2.05) is 31.2 Å². The van der Waals surface area contributed by atoms with Crippen LogP contribution in [0.25, 0.3) is 0 Å². The minimum Gasteiger partial charge on any atom is -0.481 e. The van der Waals surface area contributed by atoms with Gasteiger partial charge in [0.2, 0.25) is 0 Å². The first-order chi connectivity index (χ1) is 8.60. The van der Waals surface area contributed by atoms with Crippen molar-refractivity contribution in [3.8, 4) is 0 Å². The molecular formula is C15H20O3. The van der Waals surface area contributed by atoms with Crippen molar-refractivity contribution in [3.63, 3.8) is 0 Å². The highest BCUT2D eigenvalue weighted by Crippen LogP contribution is 2.45. The van der Waals surface area contributed by atoms with E-state index in [0.29, 0.717) is 0 Å². The number of ether oxygens (including phenoxy) is 1. The van der Waals surface area contributed by atoms with Crippen molar-refractivity contribution in [1.82, 2.24) is 0 Å². The van der Waals surface area contributed by atoms with Crippen LogP contribution in [0.1, 0.15) is 37.3 Å². The number of methoxy groups -OCH3 is 1. The third kappa shape index (κ3) is 2.15. The summed E-state index contributed by atoms with van der Waals surface area (Å²) in [6.45, 7) is 2.00. The highest BCUT2D eigenvalue weighted by atomic mass is 16.5. The molecule has 0 aliphatic heterocycles. The van der Waals surface area contributed by atoms with Crippen molar-refractivity contribution in [2.75, 3.05) is 7.11 Å². The van der Waals surface area contributed by atoms with Crippen LogP contribution >= 0.6 is 0 Å². The fourth-order valence-corrected chi connectivity index (χ4v) is 2.69. The Bertz CT molecular complexity index is 435. The summed E-state index contributed by atoms with van der Waals surface area (Å²) in [5.41, 5.74) is 1.44. The SMILES string of the molecule is COC(C)Cc1ccccc1C1(C(=O)O)CCC1. The summed E-state index contributed by atoms with van der Waals surface area (Å²) in [5.74, 6) is -0.689. The summed E-state index contributed by atoms with van der Waals surface area (Å²) in [7, 11) is 1.68. The predicted octanol–water partition coefficient (Wildman–Crippen LogP) is 2.77. The van der Waals surface area contributed by atoms with Crippen molar-refractivity contribution in [1.29, 1.82) is 0 Å². The van der Waals surface area contributed by atoms with Crippen LogP contribution in [0, 0.1) is 0 Å². The highest BCUT2D eigenvalue weighted by molar-refractivity contribution is 5.83. The topological polar surface area (TPSA) is 46.5 Å². The number of hydrogen-bond donors (Lipinski definition) is 1. The molecule has 3 nitrogen and oxygen atoms in total. The molecule has 0 heterocycles. The van der Waals surface area contributed by atoms with E-state index in [0.717, 1.165) is 36.8 Å². The van der Waals surface area contributed by atoms with Crippen molar-refractivity contribution < 1.29 is 14.6 Å². The zero-order valence-corrected chi connectivity index (χ0v) is 11.0. The van der Waals surface area contributed by atoms with E-state index in [1.165, 1.54) is 0 Å². The largest absolute Gasteiger partial charge is 0.481 e. The smallest absolute Gasteiger partial charge is 0.314 e. The van der Waals surface area contributed by atoms with Gasteiger partial charge >= 0.3 is 5.97 Å². The zero-order valence-electron chi connectivity index (χ0n) is 11.0. The first kappa shape index (κ1) is 13.1. The van der Waals surface area contributed by atoms with Crippen molar-refractivity contribution in [2.45, 2.75) is 44.1 Å². The normalized spacial score (nSPS) is 19.0. The molecule has 98 valence electrons. The second-order valence-corrected chi connectivity index (χ2v) is 5.15. The Hall–Kier alpha value is -1.35. The summed E-state index contributed by atoms with van der Waals surface area (Å²) in [5, 5.41) is 9.52. The van der Waals surface area contributed by atoms with Gasteiger partial charge in [-0.15, -0.1) is 0 Å². The summed E-state index contributed by atoms with van der Waals surface area (Å²) < 4.78 is 5.29. The quantitative estimate of drug-likeness (QED) is 0.871. The number of carboxylic acid groups (broad SMARTS) is 1. The maximum absolute atomic E-state index is 11.6. The van der Waals surface area contributed by atoms with Crippen LogP contribution in [0.3, 0.4) is 0 Å². The van der Waals surface area contributed by atoms with Crippen LogP contribution in [0.5, 0.6) is 0 Å². The average molecular weight is 248 g/mol. The molecule has 1 saturated carbocycles. The Balaban J connectivity index is 2.35. The number of carboxylic acids is 1. The molecular weight excluding hydrogens is 228 g/mol. The molecule has 0 radical (unpaired) electrons. The van der Waals surface area contributed by atoms with E-state index >= 15 is 0 Å². The van der Waals surface area contributed by atoms with Gasteiger partial charge in [0.05, 0.1) is 11.5 Å². The lowest BCUT2D eigenvalue weighted by Gasteiger charge is -2.39. The molecule has 3 heteroatoms. The minimum atomic E-state index is -0.689. The molecule has 1 N–H and O–H groups in total. The van der Waals surface area contributed by atoms with E-state index in [-0.39, 0.29) is 6.10 Å². The highest BCUT2D eigenvalue weighted by Gasteiger charge is 2.46. The lowest BCUT2D eigenvalue weighted by atomic mass is 9.63. The molecule has 0 bridgehead atoms. The number of benzene rings is 1. The molecule has 0 spiro atoms. The van der Waals surface area contributed by atoms with Crippen molar-refractivity contribution in [2.24, 2.45) is 0 Å². The summed E-state index contributed by atoms with van der Waals surface area (Å²) in [6.07, 6.45) is 3.38. The van der Waals surface area contributed by atoms with Gasteiger partial charge in [-0.05, 0) is 37.3 Å². The third-order valence-electron chi connectivity index (χ3n) is 4.06. The first-order valence-corrected chi connectivity index (χ1v) is 6.45. The lowest BCUT2D eigenvalue weighted by Crippen LogP contribution is -2.43. The van der Waals surface area contributed by atoms with E-state index in [4.69, 9.17) is 4.74 Å². The fourth-order valence-electron chi connectivity index (χ4n) is 2.69. The van der Waals surface area contributed by atoms with Gasteiger partial charge in [-0.25, -0.2) is 0 Å². The van der Waals surface area contributed by atoms with E-state index in [9.17, 15) is 9.90 Å². The van der Waals surface area contributed by atoms with Crippen molar-refractivity contribution >= 4 is 5.97 Å². The lowest BCUT2D eigenvalue weighted by molar-refractivity contribution is -0.147. The maximum Gasteiger partial charge on any atom is 0.314 e. The zero-order chi connectivity index (χ0) is 13.2. The first-order valence-electron chi connectivity index (χ1n) is 6.45. The second kappa shape index (κ2) is 5.11. The number of aliphatic carboxylic acids is 1. The molecule has 1 aromatic carbocycles. The Morgan fingerprint density at radius 1 is 1.44 bits per heavy atom. The molecule has 0 aromatic heterocycles. The van der Waals surface area contributed by atoms with Gasteiger partial charge in [0.1, 0.15) is 0 Å². The summed E-state index contributed by atoms with van der Waals surface area (Å²) >= 11 is 0. The van der Waals surface area contributed by atoms with E-state index in [1.54, 1.807) is 7.11 Å². The monoisotopic (exact) mass is 248 g/mol. The predicted molar refractivity (Wildman–Crippen MR) is 69.8 cm³/mol. The number of carbonyl (C=O) groups is 1. The Morgan fingerprint density at radius 3 is 2.61 bits per heavy atom. The van der Waals surface area contributed by atoms with E-state index in [2.05, 4.69) is 0 Å². The Labute approximate surface area is 108 Å². The molecule has 0 amide bonds. The number of hydrogen-bond acceptors (Lipinski definition) is 2. The van der Waals surface area contributed by atoms with Gasteiger partial charge in [-0.3, -0.25) is 4.79 Å². The molecule has 1 atom stereocenters. The third-order valence-corrected chi connectivity index (χ3v) is 4.06. The van der Waals surface area contributed by atoms with Crippen molar-refractivity contribution in [3.05, 3.63) is 35.4 Å². The molecule has 1 aliphatic rings. The Kier molecular flexibility index (Phi) is 3.71. The molecule has 0 saturated heterocycles. The van der Waals surface area contributed by atoms with Gasteiger partial charge in [0.25, 0.3) is 0 Å². The standard InChI is InChI=1S/C15H20O3/c1-11(18-2)10-12-6-3-4-7-13(12)15(14(16)17)8-5-9-15/h3-4,6-7,11H,5,8-10H2,1-2H3,(H,16,17). The van der Waals surface area contributed by atoms with Crippen LogP contribution < -0.4 is 0 Å². The molecule has 18 heavy (non-hydrogen) atoms. The van der Waals surface area contributed by atoms with E-state index < -0.39 is 11.4 Å². The minimum absolute atomic E-state index is 0.108. The Morgan fingerprint density at radius 2 is 2.11 bits per heavy atom. The average Bonchev–Trinajstić information content (AvgIpc) is 2.29. The van der Waals surface area contributed by atoms with Crippen LogP contribution in [0.2, 0.25) is 0 Å². The van der Waals surface area contributed by atoms with Gasteiger partial charge in [0, 0.05) is 7.11 Å². The van der Waals surface area contributed by atoms with Gasteiger partial charge < -0.3 is 9.84 Å². The number of rotatable bonds is 5. The second-order valence-electron chi connectivity index (χ2n) is 5.15. The van der Waals surface area contributed by atoms with Crippen LogP contribution in [-0.2, 0) is 21.4 Å². The van der Waals surface area contributed by atoms with Gasteiger partial charge in [-0.1, -0.05) is 30.7 Å². The molecule has 1 aliphatic carbocycles. The van der Waals surface area contributed by atoms with Crippen LogP contribution in [0.15, 0.2) is 24.3 Å². The summed E-state index contributed by atoms with van der Waals surface area (Å²) in [6, 6.07) is 7.88. The molecule has 2 rings (SSSR count). The fraction of sp³-hybridized carbons (Fsp3) is 0.533. The maximum atomic E-state index is 11.6. The van der Waals surface area contributed by atoms with Crippen LogP contribution in [0.4, 0.5) is 0 Å². The molecule has 1 unspecified atom stereocenters.